The smallest absolute Gasteiger partial charge is 0.269 e. The highest BCUT2D eigenvalue weighted by Gasteiger charge is 1.98. The van der Waals surface area contributed by atoms with E-state index in [-0.39, 0.29) is 5.69 Å². The van der Waals surface area contributed by atoms with E-state index in [0.717, 1.165) is 12.8 Å². The van der Waals surface area contributed by atoms with Gasteiger partial charge >= 0.3 is 0 Å². The summed E-state index contributed by atoms with van der Waals surface area (Å²) in [5.41, 5.74) is 0.137. The maximum absolute atomic E-state index is 10.0. The highest BCUT2D eigenvalue weighted by Crippen LogP contribution is 2.06. The molecule has 0 aliphatic heterocycles. The van der Waals surface area contributed by atoms with Crippen molar-refractivity contribution in [1.29, 1.82) is 0 Å². The maximum atomic E-state index is 10.0. The largest absolute Gasteiger partial charge is 0.396 e. The minimum atomic E-state index is -0.417. The van der Waals surface area contributed by atoms with E-state index >= 15 is 0 Å². The lowest BCUT2D eigenvalue weighted by Crippen LogP contribution is -1.84. The molecule has 0 atom stereocenters. The molecule has 1 aromatic carbocycles. The molecule has 14 heavy (non-hydrogen) atoms. The molecule has 0 saturated carbocycles. The van der Waals surface area contributed by atoms with E-state index in [9.17, 15) is 10.1 Å². The van der Waals surface area contributed by atoms with E-state index in [2.05, 4.69) is 6.92 Å². The molecule has 0 fully saturated rings. The van der Waals surface area contributed by atoms with Crippen molar-refractivity contribution < 1.29 is 10.0 Å². The molecule has 0 aliphatic rings. The Balaban J connectivity index is 0.000000292. The molecule has 1 aromatic rings. The first-order valence-corrected chi connectivity index (χ1v) is 4.52. The molecule has 0 amide bonds. The monoisotopic (exact) mass is 197 g/mol. The summed E-state index contributed by atoms with van der Waals surface area (Å²) in [6.07, 6.45) is 2.04. The normalized spacial score (nSPS) is 8.71. The van der Waals surface area contributed by atoms with Gasteiger partial charge in [0.05, 0.1) is 4.92 Å². The molecule has 0 heterocycles. The number of nitro benzene ring substituents is 1. The average molecular weight is 197 g/mol. The molecule has 0 aromatic heterocycles. The Morgan fingerprint density at radius 1 is 1.36 bits per heavy atom. The van der Waals surface area contributed by atoms with E-state index in [1.165, 1.54) is 12.1 Å². The number of hydrogen-bond donors (Lipinski definition) is 1. The highest BCUT2D eigenvalue weighted by molar-refractivity contribution is 5.27. The third-order valence-electron chi connectivity index (χ3n) is 1.48. The summed E-state index contributed by atoms with van der Waals surface area (Å²) in [5.74, 6) is 0. The number of unbranched alkanes of at least 4 members (excludes halogenated alkanes) is 1. The van der Waals surface area contributed by atoms with Gasteiger partial charge < -0.3 is 5.11 Å². The van der Waals surface area contributed by atoms with Gasteiger partial charge in [0.1, 0.15) is 0 Å². The van der Waals surface area contributed by atoms with Crippen molar-refractivity contribution >= 4 is 5.69 Å². The second kappa shape index (κ2) is 8.19. The van der Waals surface area contributed by atoms with Gasteiger partial charge in [-0.1, -0.05) is 31.5 Å². The minimum absolute atomic E-state index is 0.137. The maximum Gasteiger partial charge on any atom is 0.269 e. The number of benzene rings is 1. The zero-order valence-corrected chi connectivity index (χ0v) is 8.22. The van der Waals surface area contributed by atoms with Crippen LogP contribution in [0.15, 0.2) is 30.3 Å². The molecule has 1 N–H and O–H groups in total. The Labute approximate surface area is 83.3 Å². The molecule has 0 aliphatic carbocycles. The van der Waals surface area contributed by atoms with Crippen LogP contribution in [0.3, 0.4) is 0 Å². The number of para-hydroxylation sites is 1. The predicted octanol–water partition coefficient (Wildman–Crippen LogP) is 2.37. The lowest BCUT2D eigenvalue weighted by atomic mass is 10.3. The lowest BCUT2D eigenvalue weighted by Gasteiger charge is -1.85. The lowest BCUT2D eigenvalue weighted by molar-refractivity contribution is -0.384. The Morgan fingerprint density at radius 3 is 2.14 bits per heavy atom. The molecule has 4 nitrogen and oxygen atoms in total. The topological polar surface area (TPSA) is 63.4 Å². The Morgan fingerprint density at radius 2 is 1.93 bits per heavy atom. The van der Waals surface area contributed by atoms with Crippen molar-refractivity contribution in [3.05, 3.63) is 40.4 Å². The van der Waals surface area contributed by atoms with E-state index < -0.39 is 4.92 Å². The van der Waals surface area contributed by atoms with Gasteiger partial charge in [0.2, 0.25) is 0 Å². The first kappa shape index (κ1) is 12.6. The summed E-state index contributed by atoms with van der Waals surface area (Å²) in [6, 6.07) is 7.93. The van der Waals surface area contributed by atoms with Crippen LogP contribution >= 0.6 is 0 Å². The quantitative estimate of drug-likeness (QED) is 0.597. The Hall–Kier alpha value is -1.42. The first-order valence-electron chi connectivity index (χ1n) is 4.52. The summed E-state index contributed by atoms with van der Waals surface area (Å²) >= 11 is 0. The summed E-state index contributed by atoms with van der Waals surface area (Å²) in [4.78, 5) is 9.59. The Kier molecular flexibility index (Phi) is 7.36. The fraction of sp³-hybridized carbons (Fsp3) is 0.400. The molecular weight excluding hydrogens is 182 g/mol. The van der Waals surface area contributed by atoms with Gasteiger partial charge in [0, 0.05) is 18.7 Å². The third-order valence-corrected chi connectivity index (χ3v) is 1.48. The van der Waals surface area contributed by atoms with E-state index in [1.54, 1.807) is 18.2 Å². The van der Waals surface area contributed by atoms with Crippen LogP contribution in [0.4, 0.5) is 5.69 Å². The van der Waals surface area contributed by atoms with Crippen molar-refractivity contribution in [3.63, 3.8) is 0 Å². The fourth-order valence-electron chi connectivity index (χ4n) is 0.708. The number of aliphatic hydroxyl groups is 1. The molecule has 0 radical (unpaired) electrons. The predicted molar refractivity (Wildman–Crippen MR) is 55.1 cm³/mol. The van der Waals surface area contributed by atoms with Crippen LogP contribution in [0, 0.1) is 10.1 Å². The van der Waals surface area contributed by atoms with Crippen molar-refractivity contribution in [2.24, 2.45) is 0 Å². The summed E-state index contributed by atoms with van der Waals surface area (Å²) in [5, 5.41) is 18.1. The van der Waals surface area contributed by atoms with E-state index in [4.69, 9.17) is 5.11 Å². The zero-order valence-electron chi connectivity index (χ0n) is 8.22. The van der Waals surface area contributed by atoms with Crippen LogP contribution in [0.2, 0.25) is 0 Å². The molecule has 0 saturated heterocycles. The van der Waals surface area contributed by atoms with Crippen molar-refractivity contribution in [3.8, 4) is 0 Å². The minimum Gasteiger partial charge on any atom is -0.396 e. The fourth-order valence-corrected chi connectivity index (χ4v) is 0.708. The number of nitrogens with zero attached hydrogens (tertiary/aromatic N) is 1. The SMILES string of the molecule is CCCCO.O=[N+]([O-])c1ccccc1. The number of non-ortho nitro benzene ring substituents is 1. The molecule has 0 bridgehead atoms. The van der Waals surface area contributed by atoms with Crippen molar-refractivity contribution in [1.82, 2.24) is 0 Å². The van der Waals surface area contributed by atoms with Gasteiger partial charge in [-0.05, 0) is 6.42 Å². The highest BCUT2D eigenvalue weighted by atomic mass is 16.6. The first-order chi connectivity index (χ1) is 6.72. The zero-order chi connectivity index (χ0) is 10.8. The number of nitro groups is 1. The summed E-state index contributed by atoms with van der Waals surface area (Å²) in [6.45, 7) is 2.40. The van der Waals surface area contributed by atoms with Crippen molar-refractivity contribution in [2.45, 2.75) is 19.8 Å². The van der Waals surface area contributed by atoms with Gasteiger partial charge in [-0.15, -0.1) is 0 Å². The number of rotatable bonds is 3. The van der Waals surface area contributed by atoms with Crippen LogP contribution in [0.1, 0.15) is 19.8 Å². The Bertz CT molecular complexity index is 247. The molecule has 0 spiro atoms. The van der Waals surface area contributed by atoms with Crippen LogP contribution in [-0.4, -0.2) is 16.6 Å². The van der Waals surface area contributed by atoms with Crippen LogP contribution < -0.4 is 0 Å². The van der Waals surface area contributed by atoms with Gasteiger partial charge in [-0.25, -0.2) is 0 Å². The second-order valence-electron chi connectivity index (χ2n) is 2.67. The van der Waals surface area contributed by atoms with Crippen LogP contribution in [0.25, 0.3) is 0 Å². The second-order valence-corrected chi connectivity index (χ2v) is 2.67. The van der Waals surface area contributed by atoms with Crippen molar-refractivity contribution in [2.75, 3.05) is 6.61 Å². The van der Waals surface area contributed by atoms with Crippen LogP contribution in [0.5, 0.6) is 0 Å². The molecule has 0 unspecified atom stereocenters. The van der Waals surface area contributed by atoms with Gasteiger partial charge in [-0.2, -0.15) is 0 Å². The number of aliphatic hydroxyl groups excluding tert-OH is 1. The average Bonchev–Trinajstić information content (AvgIpc) is 2.21. The van der Waals surface area contributed by atoms with Gasteiger partial charge in [0.25, 0.3) is 5.69 Å². The molecule has 4 heteroatoms. The molecule has 78 valence electrons. The summed E-state index contributed by atoms with van der Waals surface area (Å²) < 4.78 is 0. The van der Waals surface area contributed by atoms with E-state index in [1.807, 2.05) is 0 Å². The third kappa shape index (κ3) is 6.14. The van der Waals surface area contributed by atoms with Crippen LogP contribution in [-0.2, 0) is 0 Å². The van der Waals surface area contributed by atoms with Gasteiger partial charge in [0.15, 0.2) is 0 Å². The standard InChI is InChI=1S/C6H5NO2.C4H10O/c8-7(9)6-4-2-1-3-5-6;1-2-3-4-5/h1-5H;5H,2-4H2,1H3. The number of hydrogen-bond acceptors (Lipinski definition) is 3. The van der Waals surface area contributed by atoms with Gasteiger partial charge in [-0.3, -0.25) is 10.1 Å². The molecular formula is C10H15NO3. The summed E-state index contributed by atoms with van der Waals surface area (Å²) in [7, 11) is 0. The van der Waals surface area contributed by atoms with E-state index in [0.29, 0.717) is 6.61 Å². The molecule has 1 rings (SSSR count).